The number of hydrogen-bond donors (Lipinski definition) is 1. The highest BCUT2D eigenvalue weighted by atomic mass is 32.1. The molecular formula is C17H16N2O5S. The first-order valence-electron chi connectivity index (χ1n) is 7.66. The number of benzene rings is 1. The molecule has 3 aromatic rings. The number of carbonyl (C=O) groups excluding carboxylic acids is 2. The first-order valence-corrected chi connectivity index (χ1v) is 8.54. The summed E-state index contributed by atoms with van der Waals surface area (Å²) in [6.45, 7) is -0.213. The van der Waals surface area contributed by atoms with E-state index >= 15 is 0 Å². The van der Waals surface area contributed by atoms with Crippen LogP contribution in [-0.4, -0.2) is 29.6 Å². The van der Waals surface area contributed by atoms with Crippen molar-refractivity contribution in [3.63, 3.8) is 0 Å². The minimum absolute atomic E-state index is 0.307. The van der Waals surface area contributed by atoms with E-state index in [-0.39, 0.29) is 19.1 Å². The first-order chi connectivity index (χ1) is 12.1. The zero-order valence-corrected chi connectivity index (χ0v) is 14.1. The minimum Gasteiger partial charge on any atom is -0.454 e. The molecule has 0 atom stereocenters. The summed E-state index contributed by atoms with van der Waals surface area (Å²) < 4.78 is 11.1. The van der Waals surface area contributed by atoms with Gasteiger partial charge in [0.2, 0.25) is 0 Å². The molecule has 7 nitrogen and oxygen atoms in total. The van der Waals surface area contributed by atoms with E-state index in [2.05, 4.69) is 5.32 Å². The SMILES string of the molecule is O=C(COC(=O)Cn1c(=O)oc2ccccc21)NCCc1cccs1. The van der Waals surface area contributed by atoms with E-state index in [1.807, 2.05) is 17.5 Å². The summed E-state index contributed by atoms with van der Waals surface area (Å²) >= 11 is 1.62. The van der Waals surface area contributed by atoms with E-state index in [9.17, 15) is 14.4 Å². The van der Waals surface area contributed by atoms with Crippen molar-refractivity contribution in [3.8, 4) is 0 Å². The van der Waals surface area contributed by atoms with Crippen LogP contribution in [0, 0.1) is 0 Å². The number of para-hydroxylation sites is 2. The van der Waals surface area contributed by atoms with Crippen LogP contribution >= 0.6 is 11.3 Å². The van der Waals surface area contributed by atoms with Crippen LogP contribution < -0.4 is 11.1 Å². The lowest BCUT2D eigenvalue weighted by Crippen LogP contribution is -2.31. The standard InChI is InChI=1S/C17H16N2O5S/c20-15(18-8-7-12-4-3-9-25-12)11-23-16(21)10-19-13-5-1-2-6-14(13)24-17(19)22/h1-6,9H,7-8,10-11H2,(H,18,20). The zero-order chi connectivity index (χ0) is 17.6. The minimum atomic E-state index is -0.679. The summed E-state index contributed by atoms with van der Waals surface area (Å²) in [5.74, 6) is -1.70. The van der Waals surface area contributed by atoms with E-state index in [1.165, 1.54) is 9.44 Å². The summed E-state index contributed by atoms with van der Waals surface area (Å²) in [4.78, 5) is 36.5. The lowest BCUT2D eigenvalue weighted by molar-refractivity contribution is -0.149. The molecule has 130 valence electrons. The molecule has 0 unspecified atom stereocenters. The van der Waals surface area contributed by atoms with Crippen LogP contribution in [0.5, 0.6) is 0 Å². The molecule has 0 aliphatic carbocycles. The van der Waals surface area contributed by atoms with Gasteiger partial charge in [0.15, 0.2) is 12.2 Å². The Kier molecular flexibility index (Phi) is 5.30. The number of fused-ring (bicyclic) bond motifs is 1. The second-order valence-corrected chi connectivity index (χ2v) is 6.29. The highest BCUT2D eigenvalue weighted by molar-refractivity contribution is 7.09. The Labute approximate surface area is 146 Å². The third-order valence-corrected chi connectivity index (χ3v) is 4.44. The summed E-state index contributed by atoms with van der Waals surface area (Å²) in [7, 11) is 0. The highest BCUT2D eigenvalue weighted by Gasteiger charge is 2.14. The lowest BCUT2D eigenvalue weighted by atomic mass is 10.3. The molecule has 25 heavy (non-hydrogen) atoms. The van der Waals surface area contributed by atoms with Gasteiger partial charge in [0, 0.05) is 11.4 Å². The smallest absolute Gasteiger partial charge is 0.420 e. The Morgan fingerprint density at radius 3 is 2.84 bits per heavy atom. The van der Waals surface area contributed by atoms with E-state index in [0.717, 1.165) is 6.42 Å². The summed E-state index contributed by atoms with van der Waals surface area (Å²) in [6, 6.07) is 10.7. The molecule has 2 heterocycles. The van der Waals surface area contributed by atoms with Crippen molar-refractivity contribution < 1.29 is 18.7 Å². The molecule has 0 saturated carbocycles. The first kappa shape index (κ1) is 17.0. The maximum Gasteiger partial charge on any atom is 0.420 e. The second-order valence-electron chi connectivity index (χ2n) is 5.26. The Bertz CT molecular complexity index is 926. The number of carbonyl (C=O) groups is 2. The van der Waals surface area contributed by atoms with Crippen LogP contribution in [0.2, 0.25) is 0 Å². The van der Waals surface area contributed by atoms with Gasteiger partial charge in [-0.2, -0.15) is 0 Å². The molecule has 1 aromatic carbocycles. The van der Waals surface area contributed by atoms with Crippen LogP contribution in [0.15, 0.2) is 51.0 Å². The van der Waals surface area contributed by atoms with Crippen molar-refractivity contribution in [1.82, 2.24) is 9.88 Å². The Morgan fingerprint density at radius 1 is 1.20 bits per heavy atom. The Morgan fingerprint density at radius 2 is 2.04 bits per heavy atom. The maximum absolute atomic E-state index is 11.9. The molecular weight excluding hydrogens is 344 g/mol. The molecule has 0 aliphatic rings. The van der Waals surface area contributed by atoms with Crippen molar-refractivity contribution in [3.05, 3.63) is 57.2 Å². The number of nitrogens with one attached hydrogen (secondary N) is 1. The molecule has 0 saturated heterocycles. The van der Waals surface area contributed by atoms with Gasteiger partial charge in [-0.05, 0) is 30.0 Å². The zero-order valence-electron chi connectivity index (χ0n) is 13.3. The van der Waals surface area contributed by atoms with E-state index in [4.69, 9.17) is 9.15 Å². The number of aromatic nitrogens is 1. The predicted molar refractivity (Wildman–Crippen MR) is 92.5 cm³/mol. The molecule has 2 aromatic heterocycles. The fourth-order valence-electron chi connectivity index (χ4n) is 2.32. The molecule has 1 amide bonds. The number of hydrogen-bond acceptors (Lipinski definition) is 6. The van der Waals surface area contributed by atoms with Crippen molar-refractivity contribution in [2.75, 3.05) is 13.2 Å². The summed E-state index contributed by atoms with van der Waals surface area (Å²) in [6.07, 6.45) is 0.730. The molecule has 0 spiro atoms. The number of ether oxygens (including phenoxy) is 1. The predicted octanol–water partition coefficient (Wildman–Crippen LogP) is 1.56. The average Bonchev–Trinajstić information content (AvgIpc) is 3.22. The van der Waals surface area contributed by atoms with Gasteiger partial charge in [-0.1, -0.05) is 18.2 Å². The fraction of sp³-hybridized carbons (Fsp3) is 0.235. The van der Waals surface area contributed by atoms with E-state index in [0.29, 0.717) is 17.6 Å². The van der Waals surface area contributed by atoms with Crippen LogP contribution in [0.3, 0.4) is 0 Å². The van der Waals surface area contributed by atoms with Crippen molar-refractivity contribution >= 4 is 34.3 Å². The highest BCUT2D eigenvalue weighted by Crippen LogP contribution is 2.11. The van der Waals surface area contributed by atoms with Gasteiger partial charge in [0.05, 0.1) is 5.52 Å². The molecule has 3 rings (SSSR count). The molecule has 0 radical (unpaired) electrons. The fourth-order valence-corrected chi connectivity index (χ4v) is 3.02. The molecule has 0 aliphatic heterocycles. The van der Waals surface area contributed by atoms with Gasteiger partial charge in [-0.25, -0.2) is 4.79 Å². The van der Waals surface area contributed by atoms with Crippen LogP contribution in [0.1, 0.15) is 4.88 Å². The van der Waals surface area contributed by atoms with Crippen LogP contribution in [0.25, 0.3) is 11.1 Å². The Hall–Kier alpha value is -2.87. The van der Waals surface area contributed by atoms with Gasteiger partial charge < -0.3 is 14.5 Å². The number of thiophene rings is 1. The van der Waals surface area contributed by atoms with E-state index < -0.39 is 11.7 Å². The molecule has 8 heteroatoms. The number of amides is 1. The van der Waals surface area contributed by atoms with E-state index in [1.54, 1.807) is 35.6 Å². The normalized spacial score (nSPS) is 10.7. The largest absolute Gasteiger partial charge is 0.454 e. The Balaban J connectivity index is 1.46. The summed E-state index contributed by atoms with van der Waals surface area (Å²) in [5.41, 5.74) is 0.900. The quantitative estimate of drug-likeness (QED) is 0.646. The van der Waals surface area contributed by atoms with Crippen LogP contribution in [0.4, 0.5) is 0 Å². The van der Waals surface area contributed by atoms with Crippen molar-refractivity contribution in [2.24, 2.45) is 0 Å². The average molecular weight is 360 g/mol. The van der Waals surface area contributed by atoms with Crippen LogP contribution in [-0.2, 0) is 27.3 Å². The van der Waals surface area contributed by atoms with Gasteiger partial charge >= 0.3 is 11.7 Å². The van der Waals surface area contributed by atoms with Gasteiger partial charge in [0.1, 0.15) is 6.54 Å². The number of rotatable bonds is 7. The van der Waals surface area contributed by atoms with Gasteiger partial charge in [-0.3, -0.25) is 14.2 Å². The lowest BCUT2D eigenvalue weighted by Gasteiger charge is -2.06. The second kappa shape index (κ2) is 7.80. The number of oxazole rings is 1. The third kappa shape index (κ3) is 4.36. The number of esters is 1. The molecule has 0 bridgehead atoms. The molecule has 0 fully saturated rings. The van der Waals surface area contributed by atoms with Crippen molar-refractivity contribution in [2.45, 2.75) is 13.0 Å². The van der Waals surface area contributed by atoms with Gasteiger partial charge in [-0.15, -0.1) is 11.3 Å². The van der Waals surface area contributed by atoms with Crippen molar-refractivity contribution in [1.29, 1.82) is 0 Å². The topological polar surface area (TPSA) is 90.5 Å². The molecule has 1 N–H and O–H groups in total. The maximum atomic E-state index is 11.9. The monoisotopic (exact) mass is 360 g/mol. The number of nitrogens with zero attached hydrogens (tertiary/aromatic N) is 1. The third-order valence-electron chi connectivity index (χ3n) is 3.50. The summed E-state index contributed by atoms with van der Waals surface area (Å²) in [5, 5.41) is 4.65. The van der Waals surface area contributed by atoms with Gasteiger partial charge in [0.25, 0.3) is 5.91 Å².